The summed E-state index contributed by atoms with van der Waals surface area (Å²) in [7, 11) is 0. The quantitative estimate of drug-likeness (QED) is 0.812. The Morgan fingerprint density at radius 1 is 1.61 bits per heavy atom. The fourth-order valence-electron chi connectivity index (χ4n) is 2.43. The number of nitrogens with two attached hydrogens (primary N) is 1. The summed E-state index contributed by atoms with van der Waals surface area (Å²) in [5.41, 5.74) is 7.08. The van der Waals surface area contributed by atoms with Gasteiger partial charge >= 0.3 is 0 Å². The topological polar surface area (TPSA) is 89.9 Å². The van der Waals surface area contributed by atoms with E-state index in [-0.39, 0.29) is 17.3 Å². The van der Waals surface area contributed by atoms with Crippen LogP contribution in [0.5, 0.6) is 0 Å². The summed E-state index contributed by atoms with van der Waals surface area (Å²) in [6.07, 6.45) is 2.71. The highest BCUT2D eigenvalue weighted by atomic mass is 35.5. The number of aromatic nitrogens is 4. The monoisotopic (exact) mass is 267 g/mol. The molecular formula is C11H14ClN5O. The molecule has 18 heavy (non-hydrogen) atoms. The van der Waals surface area contributed by atoms with E-state index in [1.165, 1.54) is 0 Å². The minimum absolute atomic E-state index is 0.106. The summed E-state index contributed by atoms with van der Waals surface area (Å²) in [5.74, 6) is 0.646. The minimum Gasteiger partial charge on any atom is -0.396 e. The van der Waals surface area contributed by atoms with Crippen LogP contribution in [0.1, 0.15) is 13.3 Å². The Kier molecular flexibility index (Phi) is 2.46. The molecule has 1 aliphatic carbocycles. The van der Waals surface area contributed by atoms with Gasteiger partial charge in [-0.3, -0.25) is 0 Å². The van der Waals surface area contributed by atoms with Gasteiger partial charge in [-0.2, -0.15) is 9.97 Å². The van der Waals surface area contributed by atoms with Crippen LogP contribution in [0, 0.1) is 11.3 Å². The van der Waals surface area contributed by atoms with E-state index in [1.807, 2.05) is 4.57 Å². The molecular weight excluding hydrogens is 254 g/mol. The van der Waals surface area contributed by atoms with Gasteiger partial charge in [-0.25, -0.2) is 4.98 Å². The summed E-state index contributed by atoms with van der Waals surface area (Å²) in [6.45, 7) is 3.12. The molecule has 0 aliphatic heterocycles. The summed E-state index contributed by atoms with van der Waals surface area (Å²) in [6, 6.07) is 0. The van der Waals surface area contributed by atoms with E-state index in [4.69, 9.17) is 17.3 Å². The van der Waals surface area contributed by atoms with Crippen LogP contribution in [0.25, 0.3) is 11.2 Å². The Labute approximate surface area is 109 Å². The van der Waals surface area contributed by atoms with Gasteiger partial charge < -0.3 is 15.4 Å². The third-order valence-electron chi connectivity index (χ3n) is 3.75. The van der Waals surface area contributed by atoms with E-state index in [0.717, 1.165) is 13.0 Å². The number of rotatable bonds is 3. The number of nitrogen functional groups attached to an aromatic ring is 1. The molecule has 2 unspecified atom stereocenters. The van der Waals surface area contributed by atoms with Crippen LogP contribution in [0.3, 0.4) is 0 Å². The molecule has 0 bridgehead atoms. The molecule has 1 saturated carbocycles. The first kappa shape index (κ1) is 11.7. The molecule has 2 aromatic heterocycles. The SMILES string of the molecule is CC1(Cn2cnc3c(N)nc(Cl)nc32)CC1CO. The van der Waals surface area contributed by atoms with Gasteiger partial charge in [0, 0.05) is 13.2 Å². The third-order valence-corrected chi connectivity index (χ3v) is 3.92. The lowest BCUT2D eigenvalue weighted by Gasteiger charge is -2.11. The molecule has 1 fully saturated rings. The number of imidazole rings is 1. The predicted molar refractivity (Wildman–Crippen MR) is 68.0 cm³/mol. The van der Waals surface area contributed by atoms with E-state index >= 15 is 0 Å². The van der Waals surface area contributed by atoms with Crippen molar-refractivity contribution in [3.63, 3.8) is 0 Å². The first-order valence-corrected chi connectivity index (χ1v) is 6.16. The van der Waals surface area contributed by atoms with Crippen LogP contribution in [0.2, 0.25) is 5.28 Å². The molecule has 3 rings (SSSR count). The standard InChI is InChI=1S/C11H14ClN5O/c1-11(2-6(11)3-18)4-17-5-14-7-8(13)15-10(12)16-9(7)17/h5-6,18H,2-4H2,1H3,(H2,13,15,16). The molecule has 2 atom stereocenters. The molecule has 2 aromatic rings. The lowest BCUT2D eigenvalue weighted by atomic mass is 10.1. The van der Waals surface area contributed by atoms with Gasteiger partial charge in [0.05, 0.1) is 6.33 Å². The first-order valence-electron chi connectivity index (χ1n) is 5.78. The van der Waals surface area contributed by atoms with E-state index in [0.29, 0.717) is 22.9 Å². The van der Waals surface area contributed by atoms with E-state index in [2.05, 4.69) is 21.9 Å². The van der Waals surface area contributed by atoms with E-state index < -0.39 is 0 Å². The van der Waals surface area contributed by atoms with Crippen molar-refractivity contribution in [2.45, 2.75) is 19.9 Å². The molecule has 0 saturated heterocycles. The van der Waals surface area contributed by atoms with Gasteiger partial charge in [0.2, 0.25) is 5.28 Å². The molecule has 0 spiro atoms. The van der Waals surface area contributed by atoms with Crippen molar-refractivity contribution >= 4 is 28.6 Å². The lowest BCUT2D eigenvalue weighted by molar-refractivity contribution is 0.246. The zero-order valence-corrected chi connectivity index (χ0v) is 10.7. The van der Waals surface area contributed by atoms with Crippen molar-refractivity contribution in [2.24, 2.45) is 11.3 Å². The van der Waals surface area contributed by atoms with Crippen molar-refractivity contribution in [3.8, 4) is 0 Å². The Morgan fingerprint density at radius 2 is 2.39 bits per heavy atom. The molecule has 2 heterocycles. The maximum atomic E-state index is 9.18. The second-order valence-corrected chi connectivity index (χ2v) is 5.50. The zero-order chi connectivity index (χ0) is 12.9. The van der Waals surface area contributed by atoms with Crippen molar-refractivity contribution in [1.82, 2.24) is 19.5 Å². The number of fused-ring (bicyclic) bond motifs is 1. The van der Waals surface area contributed by atoms with Crippen molar-refractivity contribution < 1.29 is 5.11 Å². The molecule has 0 aromatic carbocycles. The highest BCUT2D eigenvalue weighted by molar-refractivity contribution is 6.28. The van der Waals surface area contributed by atoms with Gasteiger partial charge in [0.1, 0.15) is 5.52 Å². The van der Waals surface area contributed by atoms with Crippen molar-refractivity contribution in [2.75, 3.05) is 12.3 Å². The molecule has 1 aliphatic rings. The molecule has 3 N–H and O–H groups in total. The Hall–Kier alpha value is -1.40. The first-order chi connectivity index (χ1) is 8.53. The highest BCUT2D eigenvalue weighted by Gasteiger charge is 2.49. The highest BCUT2D eigenvalue weighted by Crippen LogP contribution is 2.53. The van der Waals surface area contributed by atoms with E-state index in [1.54, 1.807) is 6.33 Å². The van der Waals surface area contributed by atoms with Gasteiger partial charge in [-0.1, -0.05) is 6.92 Å². The third kappa shape index (κ3) is 1.72. The summed E-state index contributed by atoms with van der Waals surface area (Å²) < 4.78 is 1.93. The van der Waals surface area contributed by atoms with Crippen molar-refractivity contribution in [3.05, 3.63) is 11.6 Å². The number of hydrogen-bond donors (Lipinski definition) is 2. The van der Waals surface area contributed by atoms with Crippen molar-refractivity contribution in [1.29, 1.82) is 0 Å². The fourth-order valence-corrected chi connectivity index (χ4v) is 2.60. The predicted octanol–water partition coefficient (Wildman–Crippen LogP) is 1.08. The molecule has 6 nitrogen and oxygen atoms in total. The Balaban J connectivity index is 1.98. The normalized spacial score (nSPS) is 26.7. The maximum absolute atomic E-state index is 9.18. The number of nitrogens with zero attached hydrogens (tertiary/aromatic N) is 4. The van der Waals surface area contributed by atoms with Gasteiger partial charge in [0.25, 0.3) is 0 Å². The summed E-state index contributed by atoms with van der Waals surface area (Å²) >= 11 is 5.81. The Bertz CT molecular complexity index is 613. The number of halogens is 1. The average molecular weight is 268 g/mol. The van der Waals surface area contributed by atoms with Crippen LogP contribution >= 0.6 is 11.6 Å². The molecule has 0 amide bonds. The van der Waals surface area contributed by atoms with Crippen LogP contribution in [0.15, 0.2) is 6.33 Å². The minimum atomic E-state index is 0.106. The second kappa shape index (κ2) is 3.80. The molecule has 7 heteroatoms. The number of anilines is 1. The van der Waals surface area contributed by atoms with Gasteiger partial charge in [-0.15, -0.1) is 0 Å². The Morgan fingerprint density at radius 3 is 3.06 bits per heavy atom. The second-order valence-electron chi connectivity index (χ2n) is 5.16. The van der Waals surface area contributed by atoms with Gasteiger partial charge in [-0.05, 0) is 29.4 Å². The largest absolute Gasteiger partial charge is 0.396 e. The van der Waals surface area contributed by atoms with Crippen LogP contribution in [0.4, 0.5) is 5.82 Å². The molecule has 0 radical (unpaired) electrons. The van der Waals surface area contributed by atoms with Crippen LogP contribution < -0.4 is 5.73 Å². The zero-order valence-electron chi connectivity index (χ0n) is 9.97. The van der Waals surface area contributed by atoms with Crippen LogP contribution in [-0.4, -0.2) is 31.2 Å². The van der Waals surface area contributed by atoms with Gasteiger partial charge in [0.15, 0.2) is 11.5 Å². The van der Waals surface area contributed by atoms with Crippen LogP contribution in [-0.2, 0) is 6.54 Å². The smallest absolute Gasteiger partial charge is 0.226 e. The average Bonchev–Trinajstić information content (AvgIpc) is 2.79. The lowest BCUT2D eigenvalue weighted by Crippen LogP contribution is -2.12. The number of hydrogen-bond acceptors (Lipinski definition) is 5. The maximum Gasteiger partial charge on any atom is 0.226 e. The fraction of sp³-hybridized carbons (Fsp3) is 0.545. The summed E-state index contributed by atoms with van der Waals surface area (Å²) in [4.78, 5) is 12.3. The summed E-state index contributed by atoms with van der Waals surface area (Å²) in [5, 5.41) is 9.31. The number of aliphatic hydroxyl groups excluding tert-OH is 1. The van der Waals surface area contributed by atoms with E-state index in [9.17, 15) is 5.11 Å². The molecule has 96 valence electrons. The number of aliphatic hydroxyl groups is 1.